The molecule has 3 heteroatoms. The molecule has 0 aromatic carbocycles. The smallest absolute Gasteiger partial charge is 0.194 e. The molecule has 23 heavy (non-hydrogen) atoms. The molecule has 2 aliphatic carbocycles. The van der Waals surface area contributed by atoms with Crippen LogP contribution in [0, 0.1) is 11.3 Å². The molecule has 2 fully saturated rings. The lowest BCUT2D eigenvalue weighted by Gasteiger charge is -2.42. The van der Waals surface area contributed by atoms with Crippen LogP contribution in [-0.4, -0.2) is 28.7 Å². The largest absolute Gasteiger partial charge is 0.389 e. The van der Waals surface area contributed by atoms with Crippen LogP contribution >= 0.6 is 0 Å². The van der Waals surface area contributed by atoms with Gasteiger partial charge in [-0.25, -0.2) is 0 Å². The third kappa shape index (κ3) is 2.64. The molecule has 126 valence electrons. The summed E-state index contributed by atoms with van der Waals surface area (Å²) >= 11 is 0. The van der Waals surface area contributed by atoms with Gasteiger partial charge in [0.2, 0.25) is 0 Å². The fourth-order valence-electron chi connectivity index (χ4n) is 4.04. The van der Waals surface area contributed by atoms with E-state index < -0.39 is 11.7 Å². The molecule has 1 saturated heterocycles. The first-order chi connectivity index (χ1) is 10.7. The summed E-state index contributed by atoms with van der Waals surface area (Å²) in [7, 11) is 0. The van der Waals surface area contributed by atoms with Crippen LogP contribution in [0.5, 0.6) is 0 Å². The molecule has 0 aromatic rings. The number of allylic oxidation sites excluding steroid dienone is 2. The Morgan fingerprint density at radius 3 is 2.70 bits per heavy atom. The standard InChI is InChI=1S/C20H28O3/c1-12-8-10-19(4)13(2)6-7-15(14(19)3)17(22)18-20(5,23-18)11-9-16(12)21/h7,13,16,18,21H,1,3,6,8-11H2,2,4-5H3/t13-,16-,18-,19+,20-/m1/s1. The number of carbonyl (C=O) groups excluding carboxylic acids is 1. The van der Waals surface area contributed by atoms with E-state index in [0.717, 1.165) is 36.0 Å². The highest BCUT2D eigenvalue weighted by Crippen LogP contribution is 2.51. The monoisotopic (exact) mass is 316 g/mol. The summed E-state index contributed by atoms with van der Waals surface area (Å²) in [5, 5.41) is 10.3. The Balaban J connectivity index is 1.96. The van der Waals surface area contributed by atoms with Crippen molar-refractivity contribution in [2.45, 2.75) is 70.7 Å². The van der Waals surface area contributed by atoms with E-state index in [1.54, 1.807) is 0 Å². The molecule has 3 rings (SSSR count). The quantitative estimate of drug-likeness (QED) is 0.547. The van der Waals surface area contributed by atoms with Crippen molar-refractivity contribution >= 4 is 5.78 Å². The highest BCUT2D eigenvalue weighted by molar-refractivity contribution is 6.05. The number of ketones is 1. The van der Waals surface area contributed by atoms with Gasteiger partial charge in [-0.15, -0.1) is 0 Å². The van der Waals surface area contributed by atoms with Crippen LogP contribution in [0.2, 0.25) is 0 Å². The second kappa shape index (κ2) is 5.42. The number of carbonyl (C=O) groups is 1. The van der Waals surface area contributed by atoms with Gasteiger partial charge >= 0.3 is 0 Å². The fourth-order valence-corrected chi connectivity index (χ4v) is 4.04. The predicted octanol–water partition coefficient (Wildman–Crippen LogP) is 3.73. The predicted molar refractivity (Wildman–Crippen MR) is 91.0 cm³/mol. The van der Waals surface area contributed by atoms with Crippen LogP contribution in [0.4, 0.5) is 0 Å². The molecule has 3 nitrogen and oxygen atoms in total. The Kier molecular flexibility index (Phi) is 3.93. The first-order valence-corrected chi connectivity index (χ1v) is 8.67. The summed E-state index contributed by atoms with van der Waals surface area (Å²) in [6.07, 6.45) is 4.95. The summed E-state index contributed by atoms with van der Waals surface area (Å²) in [5.74, 6) is 0.496. The summed E-state index contributed by atoms with van der Waals surface area (Å²) in [6, 6.07) is 0. The average Bonchev–Trinajstić information content (AvgIpc) is 3.19. The molecule has 2 bridgehead atoms. The SMILES string of the molecule is C=C1CC[C@]2(C)C(=C)C(=CC[C@H]2C)C(=O)[C@H]2O[C@]2(C)CC[C@H]1O. The van der Waals surface area contributed by atoms with Crippen molar-refractivity contribution in [3.8, 4) is 0 Å². The summed E-state index contributed by atoms with van der Waals surface area (Å²) < 4.78 is 5.74. The van der Waals surface area contributed by atoms with Crippen molar-refractivity contribution in [1.29, 1.82) is 0 Å². The van der Waals surface area contributed by atoms with Gasteiger partial charge in [-0.05, 0) is 61.5 Å². The molecule has 0 spiro atoms. The topological polar surface area (TPSA) is 49.8 Å². The summed E-state index contributed by atoms with van der Waals surface area (Å²) in [4.78, 5) is 12.9. The fraction of sp³-hybridized carbons (Fsp3) is 0.650. The first-order valence-electron chi connectivity index (χ1n) is 8.67. The van der Waals surface area contributed by atoms with Gasteiger partial charge in [-0.2, -0.15) is 0 Å². The van der Waals surface area contributed by atoms with Gasteiger partial charge in [-0.1, -0.05) is 33.1 Å². The van der Waals surface area contributed by atoms with E-state index in [2.05, 4.69) is 33.1 Å². The number of fused-ring (bicyclic) bond motifs is 3. The summed E-state index contributed by atoms with van der Waals surface area (Å²) in [5.41, 5.74) is 2.01. The number of aliphatic hydroxyl groups is 1. The van der Waals surface area contributed by atoms with Crippen molar-refractivity contribution in [2.75, 3.05) is 0 Å². The Morgan fingerprint density at radius 1 is 1.30 bits per heavy atom. The zero-order valence-electron chi connectivity index (χ0n) is 14.5. The van der Waals surface area contributed by atoms with Gasteiger partial charge in [0.05, 0.1) is 6.10 Å². The molecular formula is C20H28O3. The average molecular weight is 316 g/mol. The lowest BCUT2D eigenvalue weighted by Crippen LogP contribution is -2.35. The Morgan fingerprint density at radius 2 is 2.00 bits per heavy atom. The maximum atomic E-state index is 12.9. The number of rotatable bonds is 0. The third-order valence-electron chi connectivity index (χ3n) is 6.52. The molecule has 5 atom stereocenters. The Labute approximate surface area is 139 Å². The van der Waals surface area contributed by atoms with Gasteiger partial charge in [0.1, 0.15) is 11.7 Å². The minimum Gasteiger partial charge on any atom is -0.389 e. The molecule has 1 saturated carbocycles. The number of epoxide rings is 1. The molecule has 3 aliphatic rings. The van der Waals surface area contributed by atoms with Gasteiger partial charge in [-0.3, -0.25) is 4.79 Å². The highest BCUT2D eigenvalue weighted by Gasteiger charge is 2.58. The minimum atomic E-state index is -0.517. The molecule has 0 amide bonds. The van der Waals surface area contributed by atoms with Gasteiger partial charge in [0.25, 0.3) is 0 Å². The molecule has 0 radical (unpaired) electrons. The first kappa shape index (κ1) is 16.7. The van der Waals surface area contributed by atoms with Crippen molar-refractivity contribution in [3.05, 3.63) is 36.0 Å². The number of ether oxygens (including phenoxy) is 1. The van der Waals surface area contributed by atoms with E-state index >= 15 is 0 Å². The molecule has 0 unspecified atom stereocenters. The number of Topliss-reactive ketones (excluding diaryl/α,β-unsaturated/α-hetero) is 1. The van der Waals surface area contributed by atoms with E-state index in [1.165, 1.54) is 0 Å². The van der Waals surface area contributed by atoms with Crippen LogP contribution in [0.15, 0.2) is 36.0 Å². The van der Waals surface area contributed by atoms with Crippen molar-refractivity contribution < 1.29 is 14.6 Å². The second-order valence-electron chi connectivity index (χ2n) is 8.04. The zero-order valence-corrected chi connectivity index (χ0v) is 14.5. The van der Waals surface area contributed by atoms with E-state index in [1.807, 2.05) is 6.92 Å². The van der Waals surface area contributed by atoms with Crippen LogP contribution in [-0.2, 0) is 9.53 Å². The number of hydrogen-bond acceptors (Lipinski definition) is 3. The molecule has 1 N–H and O–H groups in total. The van der Waals surface area contributed by atoms with Crippen LogP contribution in [0.3, 0.4) is 0 Å². The second-order valence-corrected chi connectivity index (χ2v) is 8.04. The van der Waals surface area contributed by atoms with Crippen LogP contribution < -0.4 is 0 Å². The lowest BCUT2D eigenvalue weighted by molar-refractivity contribution is -0.116. The van der Waals surface area contributed by atoms with Crippen LogP contribution in [0.25, 0.3) is 0 Å². The highest BCUT2D eigenvalue weighted by atomic mass is 16.6. The van der Waals surface area contributed by atoms with E-state index in [4.69, 9.17) is 4.74 Å². The number of aliphatic hydroxyl groups excluding tert-OH is 1. The zero-order chi connectivity index (χ0) is 17.0. The maximum Gasteiger partial charge on any atom is 0.194 e. The summed E-state index contributed by atoms with van der Waals surface area (Å²) in [6.45, 7) is 14.7. The maximum absolute atomic E-state index is 12.9. The van der Waals surface area contributed by atoms with Gasteiger partial charge in [0.15, 0.2) is 5.78 Å². The Hall–Kier alpha value is -1.19. The molecule has 0 aromatic heterocycles. The van der Waals surface area contributed by atoms with Crippen LogP contribution in [0.1, 0.15) is 52.9 Å². The van der Waals surface area contributed by atoms with E-state index in [-0.39, 0.29) is 17.3 Å². The molecule has 1 aliphatic heterocycles. The Bertz CT molecular complexity index is 602. The third-order valence-corrected chi connectivity index (χ3v) is 6.52. The normalized spacial score (nSPS) is 44.8. The van der Waals surface area contributed by atoms with Crippen molar-refractivity contribution in [3.63, 3.8) is 0 Å². The minimum absolute atomic E-state index is 0.0736. The van der Waals surface area contributed by atoms with Gasteiger partial charge in [0, 0.05) is 5.57 Å². The molecular weight excluding hydrogens is 288 g/mol. The van der Waals surface area contributed by atoms with Crippen molar-refractivity contribution in [1.82, 2.24) is 0 Å². The number of hydrogen-bond donors (Lipinski definition) is 1. The van der Waals surface area contributed by atoms with E-state index in [9.17, 15) is 9.90 Å². The van der Waals surface area contributed by atoms with Crippen molar-refractivity contribution in [2.24, 2.45) is 11.3 Å². The molecule has 1 heterocycles. The lowest BCUT2D eigenvalue weighted by atomic mass is 9.62. The van der Waals surface area contributed by atoms with E-state index in [0.29, 0.717) is 18.8 Å². The van der Waals surface area contributed by atoms with Gasteiger partial charge < -0.3 is 9.84 Å².